The third kappa shape index (κ3) is 5.45. The summed E-state index contributed by atoms with van der Waals surface area (Å²) in [6.07, 6.45) is 12.3. The highest BCUT2D eigenvalue weighted by atomic mass is 32.2. The van der Waals surface area contributed by atoms with E-state index < -0.39 is 10.1 Å². The standard InChI is InChI=1S/C19H36O3S/c1-4-7-16-10-11-17(14-16)8-6-9-18-12-15(3)13-19(18)23(20,21)22-5-2/h15-19H,4-14H2,1-3H3. The summed E-state index contributed by atoms with van der Waals surface area (Å²) in [6, 6.07) is 0. The second-order valence-corrected chi connectivity index (χ2v) is 9.87. The van der Waals surface area contributed by atoms with E-state index in [0.29, 0.717) is 11.8 Å². The molecule has 2 fully saturated rings. The predicted octanol–water partition coefficient (Wildman–Crippen LogP) is 5.15. The lowest BCUT2D eigenvalue weighted by Gasteiger charge is -2.20. The van der Waals surface area contributed by atoms with Crippen LogP contribution in [0, 0.1) is 23.7 Å². The van der Waals surface area contributed by atoms with Gasteiger partial charge in [-0.2, -0.15) is 8.42 Å². The molecule has 2 aliphatic carbocycles. The smallest absolute Gasteiger partial charge is 0.270 e. The van der Waals surface area contributed by atoms with Crippen molar-refractivity contribution in [1.29, 1.82) is 0 Å². The van der Waals surface area contributed by atoms with Crippen LogP contribution in [0.5, 0.6) is 0 Å². The van der Waals surface area contributed by atoms with E-state index in [-0.39, 0.29) is 11.9 Å². The van der Waals surface area contributed by atoms with E-state index in [9.17, 15) is 8.42 Å². The lowest BCUT2D eigenvalue weighted by atomic mass is 9.93. The first-order valence-electron chi connectivity index (χ1n) is 9.84. The van der Waals surface area contributed by atoms with Crippen LogP contribution in [-0.4, -0.2) is 20.3 Å². The van der Waals surface area contributed by atoms with Gasteiger partial charge in [-0.15, -0.1) is 0 Å². The molecule has 2 aliphatic rings. The van der Waals surface area contributed by atoms with Gasteiger partial charge in [0.25, 0.3) is 10.1 Å². The molecule has 0 amide bonds. The zero-order chi connectivity index (χ0) is 16.9. The predicted molar refractivity (Wildman–Crippen MR) is 95.8 cm³/mol. The Hall–Kier alpha value is -0.0900. The van der Waals surface area contributed by atoms with Crippen LogP contribution in [0.1, 0.15) is 85.0 Å². The van der Waals surface area contributed by atoms with Crippen molar-refractivity contribution in [2.45, 2.75) is 90.2 Å². The molecule has 0 aliphatic heterocycles. The van der Waals surface area contributed by atoms with Crippen LogP contribution in [0.2, 0.25) is 0 Å². The van der Waals surface area contributed by atoms with Crippen LogP contribution in [0.15, 0.2) is 0 Å². The van der Waals surface area contributed by atoms with Crippen LogP contribution in [0.3, 0.4) is 0 Å². The third-order valence-corrected chi connectivity index (χ3v) is 7.94. The van der Waals surface area contributed by atoms with Gasteiger partial charge in [-0.1, -0.05) is 52.4 Å². The molecule has 0 bridgehead atoms. The Kier molecular flexibility index (Phi) is 7.40. The first-order chi connectivity index (χ1) is 11.0. The van der Waals surface area contributed by atoms with Gasteiger partial charge in [0.2, 0.25) is 0 Å². The summed E-state index contributed by atoms with van der Waals surface area (Å²) < 4.78 is 29.7. The first-order valence-corrected chi connectivity index (χ1v) is 11.3. The monoisotopic (exact) mass is 344 g/mol. The molecule has 5 atom stereocenters. The molecule has 0 radical (unpaired) electrons. The minimum atomic E-state index is -3.36. The Balaban J connectivity index is 1.78. The molecule has 0 aromatic rings. The first kappa shape index (κ1) is 19.2. The average Bonchev–Trinajstić information content (AvgIpc) is 3.07. The van der Waals surface area contributed by atoms with E-state index in [1.165, 1.54) is 44.9 Å². The Bertz CT molecular complexity index is 446. The number of rotatable bonds is 9. The Morgan fingerprint density at radius 1 is 0.957 bits per heavy atom. The fourth-order valence-electron chi connectivity index (χ4n) is 5.04. The average molecular weight is 345 g/mol. The second kappa shape index (κ2) is 8.84. The molecule has 0 aromatic carbocycles. The Labute approximate surface area is 143 Å². The highest BCUT2D eigenvalue weighted by molar-refractivity contribution is 7.87. The zero-order valence-electron chi connectivity index (χ0n) is 15.3. The third-order valence-electron chi connectivity index (χ3n) is 6.05. The van der Waals surface area contributed by atoms with Crippen molar-refractivity contribution < 1.29 is 12.6 Å². The summed E-state index contributed by atoms with van der Waals surface area (Å²) >= 11 is 0. The molecular formula is C19H36O3S. The van der Waals surface area contributed by atoms with Gasteiger partial charge in [0.15, 0.2) is 0 Å². The maximum absolute atomic E-state index is 12.3. The van der Waals surface area contributed by atoms with Crippen molar-refractivity contribution in [2.75, 3.05) is 6.61 Å². The summed E-state index contributed by atoms with van der Waals surface area (Å²) in [6.45, 7) is 6.49. The van der Waals surface area contributed by atoms with Gasteiger partial charge in [-0.3, -0.25) is 4.18 Å². The maximum atomic E-state index is 12.3. The fourth-order valence-corrected chi connectivity index (χ4v) is 6.83. The minimum absolute atomic E-state index is 0.256. The molecule has 0 N–H and O–H groups in total. The molecule has 23 heavy (non-hydrogen) atoms. The van der Waals surface area contributed by atoms with E-state index in [0.717, 1.165) is 31.1 Å². The van der Waals surface area contributed by atoms with Crippen LogP contribution < -0.4 is 0 Å². The van der Waals surface area contributed by atoms with Gasteiger partial charge in [0.05, 0.1) is 11.9 Å². The topological polar surface area (TPSA) is 43.4 Å². The molecule has 3 nitrogen and oxygen atoms in total. The second-order valence-electron chi connectivity index (χ2n) is 8.04. The van der Waals surface area contributed by atoms with Crippen LogP contribution in [0.25, 0.3) is 0 Å². The molecule has 0 aromatic heterocycles. The van der Waals surface area contributed by atoms with Gasteiger partial charge < -0.3 is 0 Å². The van der Waals surface area contributed by atoms with Crippen LogP contribution in [0.4, 0.5) is 0 Å². The van der Waals surface area contributed by atoms with E-state index >= 15 is 0 Å². The summed E-state index contributed by atoms with van der Waals surface area (Å²) in [5, 5.41) is -0.256. The summed E-state index contributed by atoms with van der Waals surface area (Å²) in [5.41, 5.74) is 0. The minimum Gasteiger partial charge on any atom is -0.270 e. The van der Waals surface area contributed by atoms with E-state index in [1.807, 2.05) is 0 Å². The molecule has 0 heterocycles. The van der Waals surface area contributed by atoms with E-state index in [4.69, 9.17) is 4.18 Å². The summed E-state index contributed by atoms with van der Waals surface area (Å²) in [5.74, 6) is 2.69. The molecule has 2 saturated carbocycles. The lowest BCUT2D eigenvalue weighted by Crippen LogP contribution is -2.27. The normalized spacial score (nSPS) is 35.0. The van der Waals surface area contributed by atoms with Gasteiger partial charge in [-0.25, -0.2) is 0 Å². The lowest BCUT2D eigenvalue weighted by molar-refractivity contribution is 0.318. The Morgan fingerprint density at radius 2 is 1.65 bits per heavy atom. The van der Waals surface area contributed by atoms with Crippen molar-refractivity contribution in [2.24, 2.45) is 23.7 Å². The van der Waals surface area contributed by atoms with Gasteiger partial charge in [0.1, 0.15) is 0 Å². The van der Waals surface area contributed by atoms with Crippen molar-refractivity contribution in [3.8, 4) is 0 Å². The SMILES string of the molecule is CCCC1CCC(CCCC2CC(C)CC2S(=O)(=O)OCC)C1. The van der Waals surface area contributed by atoms with Crippen molar-refractivity contribution >= 4 is 10.1 Å². The highest BCUT2D eigenvalue weighted by Gasteiger charge is 2.40. The molecule has 2 rings (SSSR count). The van der Waals surface area contributed by atoms with Gasteiger partial charge in [0, 0.05) is 0 Å². The highest BCUT2D eigenvalue weighted by Crippen LogP contribution is 2.41. The van der Waals surface area contributed by atoms with Crippen molar-refractivity contribution in [3.05, 3.63) is 0 Å². The fraction of sp³-hybridized carbons (Fsp3) is 1.00. The molecule has 136 valence electrons. The maximum Gasteiger partial charge on any atom is 0.270 e. The van der Waals surface area contributed by atoms with Crippen molar-refractivity contribution in [3.63, 3.8) is 0 Å². The summed E-state index contributed by atoms with van der Waals surface area (Å²) in [7, 11) is -3.36. The van der Waals surface area contributed by atoms with Crippen LogP contribution in [-0.2, 0) is 14.3 Å². The van der Waals surface area contributed by atoms with E-state index in [1.54, 1.807) is 6.92 Å². The number of hydrogen-bond donors (Lipinski definition) is 0. The largest absolute Gasteiger partial charge is 0.270 e. The Morgan fingerprint density at radius 3 is 2.30 bits per heavy atom. The van der Waals surface area contributed by atoms with Crippen molar-refractivity contribution in [1.82, 2.24) is 0 Å². The van der Waals surface area contributed by atoms with Gasteiger partial charge in [-0.05, 0) is 56.3 Å². The zero-order valence-corrected chi connectivity index (χ0v) is 16.1. The quantitative estimate of drug-likeness (QED) is 0.543. The van der Waals surface area contributed by atoms with E-state index in [2.05, 4.69) is 13.8 Å². The molecule has 0 saturated heterocycles. The molecule has 4 heteroatoms. The molecular weight excluding hydrogens is 308 g/mol. The van der Waals surface area contributed by atoms with Gasteiger partial charge >= 0.3 is 0 Å². The number of hydrogen-bond acceptors (Lipinski definition) is 3. The van der Waals surface area contributed by atoms with Crippen LogP contribution >= 0.6 is 0 Å². The molecule has 0 spiro atoms. The molecule has 5 unspecified atom stereocenters. The summed E-state index contributed by atoms with van der Waals surface area (Å²) in [4.78, 5) is 0.